The van der Waals surface area contributed by atoms with E-state index in [0.717, 1.165) is 19.3 Å². The molecule has 0 heterocycles. The summed E-state index contributed by atoms with van der Waals surface area (Å²) in [6, 6.07) is 0. The third-order valence-corrected chi connectivity index (χ3v) is 6.46. The molecule has 0 aliphatic rings. The molecule has 0 radical (unpaired) electrons. The minimum atomic E-state index is -0.724. The van der Waals surface area contributed by atoms with Gasteiger partial charge in [0.15, 0.2) is 0 Å². The lowest BCUT2D eigenvalue weighted by Gasteiger charge is -2.04. The number of allylic oxidation sites excluding steroid dienone is 3. The highest BCUT2D eigenvalue weighted by Gasteiger charge is 1.99. The van der Waals surface area contributed by atoms with Crippen molar-refractivity contribution in [2.75, 3.05) is 6.61 Å². The van der Waals surface area contributed by atoms with Gasteiger partial charge in [-0.25, -0.2) is 0 Å². The van der Waals surface area contributed by atoms with Crippen LogP contribution in [0.15, 0.2) is 24.3 Å². The van der Waals surface area contributed by atoms with E-state index in [9.17, 15) is 10.2 Å². The molecule has 0 amide bonds. The molecule has 3 nitrogen and oxygen atoms in total. The molecule has 2 unspecified atom stereocenters. The molecule has 37 heavy (non-hydrogen) atoms. The van der Waals surface area contributed by atoms with Gasteiger partial charge in [-0.2, -0.15) is 0 Å². The zero-order chi connectivity index (χ0) is 27.1. The lowest BCUT2D eigenvalue weighted by molar-refractivity contribution is 0.217. The molecule has 208 valence electrons. The van der Waals surface area contributed by atoms with Crippen LogP contribution in [0.1, 0.15) is 135 Å². The summed E-state index contributed by atoms with van der Waals surface area (Å²) in [5.41, 5.74) is 0. The molecule has 0 aliphatic heterocycles. The molecule has 0 aliphatic carbocycles. The van der Waals surface area contributed by atoms with Gasteiger partial charge < -0.3 is 15.3 Å². The Morgan fingerprint density at radius 2 is 1.00 bits per heavy atom. The number of hydrogen-bond donors (Lipinski definition) is 3. The Kier molecular flexibility index (Phi) is 28.7. The van der Waals surface area contributed by atoms with Crippen molar-refractivity contribution in [3.8, 4) is 36.0 Å². The van der Waals surface area contributed by atoms with Crippen LogP contribution in [-0.4, -0.2) is 34.1 Å². The predicted octanol–water partition coefficient (Wildman–Crippen LogP) is 7.65. The molecular weight excluding hydrogens is 456 g/mol. The number of aliphatic hydroxyl groups is 3. The summed E-state index contributed by atoms with van der Waals surface area (Å²) >= 11 is 0. The number of unbranched alkanes of at least 4 members (excludes halogenated alkanes) is 18. The molecule has 0 fully saturated rings. The van der Waals surface area contributed by atoms with Gasteiger partial charge in [0.2, 0.25) is 0 Å². The van der Waals surface area contributed by atoms with Crippen molar-refractivity contribution >= 4 is 0 Å². The molecule has 0 aromatic heterocycles. The molecular formula is C34H54O3. The highest BCUT2D eigenvalue weighted by molar-refractivity contribution is 5.27. The van der Waals surface area contributed by atoms with Crippen LogP contribution in [0.5, 0.6) is 0 Å². The number of aliphatic hydroxyl groups excluding tert-OH is 3. The van der Waals surface area contributed by atoms with Crippen LogP contribution in [-0.2, 0) is 0 Å². The normalized spacial score (nSPS) is 12.6. The maximum Gasteiger partial charge on any atom is 0.133 e. The quantitative estimate of drug-likeness (QED) is 0.0710. The number of terminal acetylenes is 1. The SMILES string of the molecule is C#CC(O)C=CCCCCCCCCCC=CCCCCCCCCCCCCC(O)C#CC#CCO. The zero-order valence-corrected chi connectivity index (χ0v) is 23.4. The Bertz CT molecular complexity index is 707. The third kappa shape index (κ3) is 30.2. The third-order valence-electron chi connectivity index (χ3n) is 6.46. The van der Waals surface area contributed by atoms with E-state index in [2.05, 4.69) is 41.8 Å². The second kappa shape index (κ2) is 30.3. The van der Waals surface area contributed by atoms with Crippen LogP contribution >= 0.6 is 0 Å². The maximum atomic E-state index is 9.72. The lowest BCUT2D eigenvalue weighted by atomic mass is 10.0. The van der Waals surface area contributed by atoms with E-state index in [0.29, 0.717) is 6.42 Å². The molecule has 0 spiro atoms. The van der Waals surface area contributed by atoms with E-state index < -0.39 is 12.2 Å². The highest BCUT2D eigenvalue weighted by atomic mass is 16.3. The van der Waals surface area contributed by atoms with Gasteiger partial charge in [0.25, 0.3) is 0 Å². The standard InChI is InChI=1S/C34H54O3/c1-2-33(36)29-25-22-20-18-16-14-12-10-8-6-4-3-5-7-9-11-13-15-17-19-21-23-26-30-34(37)31-27-24-28-32-35/h1,3-4,25,29,33-37H,5-23,26,30,32H2. The van der Waals surface area contributed by atoms with Crippen molar-refractivity contribution in [2.24, 2.45) is 0 Å². The minimum absolute atomic E-state index is 0.187. The van der Waals surface area contributed by atoms with Gasteiger partial charge in [0, 0.05) is 0 Å². The van der Waals surface area contributed by atoms with Gasteiger partial charge >= 0.3 is 0 Å². The van der Waals surface area contributed by atoms with Crippen LogP contribution in [0, 0.1) is 36.0 Å². The fourth-order valence-electron chi connectivity index (χ4n) is 4.21. The first-order chi connectivity index (χ1) is 18.2. The Labute approximate surface area is 229 Å². The zero-order valence-electron chi connectivity index (χ0n) is 23.4. The molecule has 0 saturated heterocycles. The Hall–Kier alpha value is -1.96. The van der Waals surface area contributed by atoms with E-state index in [1.807, 2.05) is 6.08 Å². The van der Waals surface area contributed by atoms with Crippen molar-refractivity contribution in [2.45, 2.75) is 147 Å². The van der Waals surface area contributed by atoms with Crippen LogP contribution in [0.3, 0.4) is 0 Å². The van der Waals surface area contributed by atoms with Crippen LogP contribution in [0.2, 0.25) is 0 Å². The second-order valence-electron chi connectivity index (χ2n) is 9.92. The molecule has 0 rings (SSSR count). The topological polar surface area (TPSA) is 60.7 Å². The molecule has 3 heteroatoms. The van der Waals surface area contributed by atoms with Gasteiger partial charge in [-0.15, -0.1) is 6.42 Å². The smallest absolute Gasteiger partial charge is 0.133 e. The van der Waals surface area contributed by atoms with Crippen LogP contribution < -0.4 is 0 Å². The van der Waals surface area contributed by atoms with E-state index in [-0.39, 0.29) is 6.61 Å². The number of rotatable bonds is 24. The second-order valence-corrected chi connectivity index (χ2v) is 9.92. The summed E-state index contributed by atoms with van der Waals surface area (Å²) in [5.74, 6) is 12.5. The van der Waals surface area contributed by atoms with Gasteiger partial charge in [-0.05, 0) is 69.3 Å². The van der Waals surface area contributed by atoms with E-state index >= 15 is 0 Å². The molecule has 0 bridgehead atoms. The van der Waals surface area contributed by atoms with Crippen molar-refractivity contribution in [3.05, 3.63) is 24.3 Å². The summed E-state index contributed by atoms with van der Waals surface area (Å²) in [6.45, 7) is -0.187. The first-order valence-corrected chi connectivity index (χ1v) is 14.9. The van der Waals surface area contributed by atoms with Gasteiger partial charge in [-0.1, -0.05) is 119 Å². The number of hydrogen-bond acceptors (Lipinski definition) is 3. The molecule has 0 aromatic rings. The van der Waals surface area contributed by atoms with Crippen molar-refractivity contribution in [1.29, 1.82) is 0 Å². The summed E-state index contributed by atoms with van der Waals surface area (Å²) in [7, 11) is 0. The Balaban J connectivity index is 3.25. The monoisotopic (exact) mass is 510 g/mol. The van der Waals surface area contributed by atoms with Crippen LogP contribution in [0.25, 0.3) is 0 Å². The van der Waals surface area contributed by atoms with E-state index in [1.165, 1.54) is 109 Å². The van der Waals surface area contributed by atoms with Crippen molar-refractivity contribution in [1.82, 2.24) is 0 Å². The van der Waals surface area contributed by atoms with E-state index in [1.54, 1.807) is 6.08 Å². The molecule has 0 aromatic carbocycles. The largest absolute Gasteiger partial charge is 0.384 e. The summed E-state index contributed by atoms with van der Waals surface area (Å²) in [4.78, 5) is 0. The fourth-order valence-corrected chi connectivity index (χ4v) is 4.21. The Morgan fingerprint density at radius 1 is 0.568 bits per heavy atom. The van der Waals surface area contributed by atoms with Gasteiger partial charge in [0.05, 0.1) is 0 Å². The maximum absolute atomic E-state index is 9.72. The predicted molar refractivity (Wildman–Crippen MR) is 159 cm³/mol. The summed E-state index contributed by atoms with van der Waals surface area (Å²) in [6.07, 6.45) is 38.4. The highest BCUT2D eigenvalue weighted by Crippen LogP contribution is 2.13. The van der Waals surface area contributed by atoms with Crippen LogP contribution in [0.4, 0.5) is 0 Å². The summed E-state index contributed by atoms with van der Waals surface area (Å²) in [5, 5.41) is 27.5. The molecule has 2 atom stereocenters. The van der Waals surface area contributed by atoms with Gasteiger partial charge in [-0.3, -0.25) is 0 Å². The summed E-state index contributed by atoms with van der Waals surface area (Å²) < 4.78 is 0. The lowest BCUT2D eigenvalue weighted by Crippen LogP contribution is -2.01. The average molecular weight is 511 g/mol. The van der Waals surface area contributed by atoms with Crippen molar-refractivity contribution in [3.63, 3.8) is 0 Å². The van der Waals surface area contributed by atoms with Gasteiger partial charge in [0.1, 0.15) is 18.8 Å². The van der Waals surface area contributed by atoms with Crippen molar-refractivity contribution < 1.29 is 15.3 Å². The fraction of sp³-hybridized carbons (Fsp3) is 0.706. The minimum Gasteiger partial charge on any atom is -0.384 e. The molecule has 3 N–H and O–H groups in total. The Morgan fingerprint density at radius 3 is 1.46 bits per heavy atom. The first kappa shape index (κ1) is 35.0. The van der Waals surface area contributed by atoms with E-state index in [4.69, 9.17) is 11.5 Å². The average Bonchev–Trinajstić information content (AvgIpc) is 2.90. The first-order valence-electron chi connectivity index (χ1n) is 14.9. The molecule has 0 saturated carbocycles.